The van der Waals surface area contributed by atoms with Gasteiger partial charge in [0.05, 0.1) is 15.9 Å². The van der Waals surface area contributed by atoms with Crippen LogP contribution in [0.15, 0.2) is 47.6 Å². The number of thiazole rings is 1. The molecule has 7 nitrogen and oxygen atoms in total. The van der Waals surface area contributed by atoms with E-state index in [4.69, 9.17) is 5.84 Å². The largest absolute Gasteiger partial charge is 0.323 e. The first-order valence-electron chi connectivity index (χ1n) is 8.55. The Labute approximate surface area is 164 Å². The fourth-order valence-corrected chi connectivity index (χ4v) is 4.31. The Hall–Kier alpha value is -3.39. The molecule has 140 valence electrons. The molecule has 1 fully saturated rings. The zero-order chi connectivity index (χ0) is 20.0. The summed E-state index contributed by atoms with van der Waals surface area (Å²) < 4.78 is 0.846. The summed E-state index contributed by atoms with van der Waals surface area (Å²) in [7, 11) is 0. The number of carbonyl (C=O) groups is 3. The molecule has 0 saturated carbocycles. The maximum absolute atomic E-state index is 13.1. The summed E-state index contributed by atoms with van der Waals surface area (Å²) in [6, 6.07) is 12.7. The second-order valence-corrected chi connectivity index (χ2v) is 7.63. The van der Waals surface area contributed by atoms with E-state index in [9.17, 15) is 14.4 Å². The number of aryl methyl sites for hydroxylation is 2. The van der Waals surface area contributed by atoms with E-state index >= 15 is 0 Å². The molecule has 1 aromatic heterocycles. The van der Waals surface area contributed by atoms with E-state index in [1.165, 1.54) is 11.3 Å². The van der Waals surface area contributed by atoms with Crippen molar-refractivity contribution in [1.29, 1.82) is 0 Å². The molecule has 2 N–H and O–H groups in total. The molecule has 28 heavy (non-hydrogen) atoms. The van der Waals surface area contributed by atoms with Crippen molar-refractivity contribution in [3.63, 3.8) is 0 Å². The Balaban J connectivity index is 1.83. The SMILES string of the molecule is Cc1ccc(C)c(N2C(=O)C(=O)[C@@H](c3nc4ccccc4s3)/C(=N/N)C2=O)c1. The van der Waals surface area contributed by atoms with Crippen LogP contribution in [0.5, 0.6) is 0 Å². The topological polar surface area (TPSA) is 106 Å². The normalized spacial score (nSPS) is 19.1. The van der Waals surface area contributed by atoms with Crippen molar-refractivity contribution in [1.82, 2.24) is 4.98 Å². The summed E-state index contributed by atoms with van der Waals surface area (Å²) in [6.07, 6.45) is 0. The van der Waals surface area contributed by atoms with E-state index in [0.29, 0.717) is 21.8 Å². The van der Waals surface area contributed by atoms with Gasteiger partial charge in [-0.2, -0.15) is 5.10 Å². The molecule has 2 heterocycles. The van der Waals surface area contributed by atoms with Gasteiger partial charge in [-0.25, -0.2) is 9.88 Å². The first kappa shape index (κ1) is 18.0. The molecule has 1 atom stereocenters. The average Bonchev–Trinajstić information content (AvgIpc) is 3.10. The number of para-hydroxylation sites is 1. The number of Topliss-reactive ketones (excluding diaryl/α,β-unsaturated/α-hetero) is 1. The van der Waals surface area contributed by atoms with Gasteiger partial charge >= 0.3 is 5.91 Å². The molecule has 2 amide bonds. The van der Waals surface area contributed by atoms with Gasteiger partial charge in [-0.3, -0.25) is 14.4 Å². The molecule has 0 bridgehead atoms. The first-order chi connectivity index (χ1) is 13.4. The van der Waals surface area contributed by atoms with E-state index in [2.05, 4.69) is 10.1 Å². The van der Waals surface area contributed by atoms with Crippen LogP contribution in [0.3, 0.4) is 0 Å². The van der Waals surface area contributed by atoms with Crippen molar-refractivity contribution in [2.24, 2.45) is 10.9 Å². The number of carbonyl (C=O) groups excluding carboxylic acids is 3. The van der Waals surface area contributed by atoms with E-state index in [-0.39, 0.29) is 5.71 Å². The lowest BCUT2D eigenvalue weighted by Gasteiger charge is -2.29. The number of rotatable bonds is 2. The third-order valence-electron chi connectivity index (χ3n) is 4.67. The number of hydrogen-bond acceptors (Lipinski definition) is 7. The third-order valence-corrected chi connectivity index (χ3v) is 5.77. The highest BCUT2D eigenvalue weighted by atomic mass is 32.1. The number of nitrogens with two attached hydrogens (primary N) is 1. The smallest absolute Gasteiger partial charge is 0.302 e. The van der Waals surface area contributed by atoms with Gasteiger partial charge in [-0.05, 0) is 43.2 Å². The van der Waals surface area contributed by atoms with Gasteiger partial charge in [0.2, 0.25) is 5.78 Å². The summed E-state index contributed by atoms with van der Waals surface area (Å²) in [6.45, 7) is 3.60. The Morgan fingerprint density at radius 3 is 2.54 bits per heavy atom. The lowest BCUT2D eigenvalue weighted by Crippen LogP contribution is -2.55. The van der Waals surface area contributed by atoms with Gasteiger partial charge in [-0.15, -0.1) is 11.3 Å². The van der Waals surface area contributed by atoms with E-state index in [1.807, 2.05) is 31.2 Å². The molecule has 4 rings (SSSR count). The Morgan fingerprint density at radius 1 is 1.07 bits per heavy atom. The molecule has 0 radical (unpaired) electrons. The summed E-state index contributed by atoms with van der Waals surface area (Å²) in [4.78, 5) is 44.3. The third kappa shape index (κ3) is 2.69. The number of ketones is 1. The minimum absolute atomic E-state index is 0.190. The van der Waals surface area contributed by atoms with Gasteiger partial charge < -0.3 is 5.84 Å². The van der Waals surface area contributed by atoms with Crippen LogP contribution in [0, 0.1) is 13.8 Å². The Kier molecular flexibility index (Phi) is 4.27. The second kappa shape index (κ2) is 6.65. The van der Waals surface area contributed by atoms with Crippen molar-refractivity contribution in [2.75, 3.05) is 4.90 Å². The molecular formula is C20H16N4O3S. The van der Waals surface area contributed by atoms with Crippen molar-refractivity contribution in [3.8, 4) is 0 Å². The maximum atomic E-state index is 13.1. The zero-order valence-corrected chi connectivity index (χ0v) is 16.0. The highest BCUT2D eigenvalue weighted by molar-refractivity contribution is 7.19. The molecule has 3 aromatic rings. The fourth-order valence-electron chi connectivity index (χ4n) is 3.24. The quantitative estimate of drug-likeness (QED) is 0.312. The van der Waals surface area contributed by atoms with Gasteiger partial charge in [0.15, 0.2) is 0 Å². The fraction of sp³-hybridized carbons (Fsp3) is 0.150. The monoisotopic (exact) mass is 392 g/mol. The minimum atomic E-state index is -1.19. The highest BCUT2D eigenvalue weighted by Crippen LogP contribution is 2.34. The molecule has 0 aliphatic carbocycles. The number of amides is 2. The molecule has 2 aromatic carbocycles. The molecular weight excluding hydrogens is 376 g/mol. The number of imide groups is 1. The number of hydrogen-bond donors (Lipinski definition) is 1. The van der Waals surface area contributed by atoms with Gasteiger partial charge in [0.25, 0.3) is 5.91 Å². The van der Waals surface area contributed by atoms with Crippen molar-refractivity contribution in [3.05, 3.63) is 58.6 Å². The molecule has 1 saturated heterocycles. The number of piperidine rings is 1. The van der Waals surface area contributed by atoms with Crippen LogP contribution in [-0.4, -0.2) is 28.3 Å². The van der Waals surface area contributed by atoms with Crippen LogP contribution in [-0.2, 0) is 14.4 Å². The van der Waals surface area contributed by atoms with E-state index in [0.717, 1.165) is 15.2 Å². The average molecular weight is 392 g/mol. The number of fused-ring (bicyclic) bond motifs is 1. The van der Waals surface area contributed by atoms with Crippen LogP contribution in [0.4, 0.5) is 5.69 Å². The standard InChI is InChI=1S/C20H16N4O3S/c1-10-7-8-11(2)13(9-10)24-19(26)16(23-21)15(17(25)20(24)27)18-22-12-5-3-4-6-14(12)28-18/h3-9,15H,21H2,1-2H3/b23-16-/t15-/m0/s1. The molecule has 8 heteroatoms. The first-order valence-corrected chi connectivity index (χ1v) is 9.37. The maximum Gasteiger partial charge on any atom is 0.302 e. The van der Waals surface area contributed by atoms with Crippen LogP contribution < -0.4 is 10.7 Å². The van der Waals surface area contributed by atoms with Gasteiger partial charge in [-0.1, -0.05) is 24.3 Å². The van der Waals surface area contributed by atoms with Gasteiger partial charge in [0.1, 0.15) is 16.6 Å². The molecule has 0 spiro atoms. The van der Waals surface area contributed by atoms with E-state index < -0.39 is 23.5 Å². The summed E-state index contributed by atoms with van der Waals surface area (Å²) in [5, 5.41) is 3.92. The van der Waals surface area contributed by atoms with E-state index in [1.54, 1.807) is 25.1 Å². The van der Waals surface area contributed by atoms with Crippen LogP contribution in [0.1, 0.15) is 22.1 Å². The number of nitrogens with zero attached hydrogens (tertiary/aromatic N) is 3. The number of aromatic nitrogens is 1. The molecule has 1 aliphatic heterocycles. The van der Waals surface area contributed by atoms with Crippen LogP contribution in [0.2, 0.25) is 0 Å². The number of anilines is 1. The zero-order valence-electron chi connectivity index (χ0n) is 15.2. The lowest BCUT2D eigenvalue weighted by molar-refractivity contribution is -0.139. The summed E-state index contributed by atoms with van der Waals surface area (Å²) in [5.41, 5.74) is 2.39. The summed E-state index contributed by atoms with van der Waals surface area (Å²) >= 11 is 1.24. The molecule has 1 aliphatic rings. The van der Waals surface area contributed by atoms with Gasteiger partial charge in [0, 0.05) is 0 Å². The van der Waals surface area contributed by atoms with Crippen molar-refractivity contribution < 1.29 is 14.4 Å². The Bertz CT molecular complexity index is 1150. The summed E-state index contributed by atoms with van der Waals surface area (Å²) in [5.74, 6) is 1.91. The molecule has 0 unspecified atom stereocenters. The predicted octanol–water partition coefficient (Wildman–Crippen LogP) is 2.45. The Morgan fingerprint density at radius 2 is 1.82 bits per heavy atom. The van der Waals surface area contributed by atoms with Crippen molar-refractivity contribution >= 4 is 50.6 Å². The number of hydrazone groups is 1. The predicted molar refractivity (Wildman–Crippen MR) is 107 cm³/mol. The van der Waals surface area contributed by atoms with Crippen molar-refractivity contribution in [2.45, 2.75) is 19.8 Å². The minimum Gasteiger partial charge on any atom is -0.323 e. The second-order valence-electron chi connectivity index (χ2n) is 6.57. The highest BCUT2D eigenvalue weighted by Gasteiger charge is 2.48. The van der Waals surface area contributed by atoms with Crippen LogP contribution in [0.25, 0.3) is 10.2 Å². The van der Waals surface area contributed by atoms with Crippen LogP contribution >= 0.6 is 11.3 Å². The number of benzene rings is 2. The lowest BCUT2D eigenvalue weighted by atomic mass is 9.91.